The first-order valence-electron chi connectivity index (χ1n) is 6.44. The zero-order valence-corrected chi connectivity index (χ0v) is 11.4. The van der Waals surface area contributed by atoms with Crippen molar-refractivity contribution in [3.63, 3.8) is 0 Å². The molecule has 0 atom stereocenters. The summed E-state index contributed by atoms with van der Waals surface area (Å²) in [6, 6.07) is 0. The maximum Gasteiger partial charge on any atom is 0.154 e. The van der Waals surface area contributed by atoms with Gasteiger partial charge < -0.3 is 5.32 Å². The zero-order valence-electron chi connectivity index (χ0n) is 10.5. The smallest absolute Gasteiger partial charge is 0.154 e. The van der Waals surface area contributed by atoms with Crippen molar-refractivity contribution in [2.45, 2.75) is 51.2 Å². The first-order chi connectivity index (χ1) is 7.52. The van der Waals surface area contributed by atoms with Crippen LogP contribution in [-0.4, -0.2) is 32.5 Å². The molecule has 1 aliphatic carbocycles. The normalized spacial score (nSPS) is 18.4. The van der Waals surface area contributed by atoms with E-state index < -0.39 is 9.84 Å². The van der Waals surface area contributed by atoms with Crippen LogP contribution in [0.25, 0.3) is 0 Å². The highest BCUT2D eigenvalue weighted by Crippen LogP contribution is 2.24. The second kappa shape index (κ2) is 6.60. The van der Waals surface area contributed by atoms with Crippen molar-refractivity contribution in [2.24, 2.45) is 5.92 Å². The van der Waals surface area contributed by atoms with E-state index in [9.17, 15) is 8.42 Å². The molecule has 1 aliphatic rings. The fraction of sp³-hybridized carbons (Fsp3) is 1.00. The average Bonchev–Trinajstić information content (AvgIpc) is 2.69. The van der Waals surface area contributed by atoms with Gasteiger partial charge in [-0.05, 0) is 31.7 Å². The lowest BCUT2D eigenvalue weighted by Crippen LogP contribution is -2.29. The Labute approximate surface area is 99.9 Å². The minimum Gasteiger partial charge on any atom is -0.316 e. The van der Waals surface area contributed by atoms with Gasteiger partial charge >= 0.3 is 0 Å². The summed E-state index contributed by atoms with van der Waals surface area (Å²) < 4.78 is 23.8. The molecule has 0 heterocycles. The van der Waals surface area contributed by atoms with Gasteiger partial charge in [0.1, 0.15) is 0 Å². The Kier molecular flexibility index (Phi) is 5.76. The van der Waals surface area contributed by atoms with Gasteiger partial charge in [-0.25, -0.2) is 8.42 Å². The maximum absolute atomic E-state index is 11.9. The highest BCUT2D eigenvalue weighted by Gasteiger charge is 2.27. The molecule has 1 N–H and O–H groups in total. The third-order valence-electron chi connectivity index (χ3n) is 3.27. The van der Waals surface area contributed by atoms with Crippen LogP contribution in [0.5, 0.6) is 0 Å². The third kappa shape index (κ3) is 4.83. The summed E-state index contributed by atoms with van der Waals surface area (Å²) in [6.07, 6.45) is 5.06. The van der Waals surface area contributed by atoms with Gasteiger partial charge in [0.25, 0.3) is 0 Å². The predicted molar refractivity (Wildman–Crippen MR) is 68.4 cm³/mol. The van der Waals surface area contributed by atoms with Crippen LogP contribution in [0.1, 0.15) is 46.0 Å². The van der Waals surface area contributed by atoms with Crippen LogP contribution < -0.4 is 5.32 Å². The van der Waals surface area contributed by atoms with Crippen LogP contribution in [0.3, 0.4) is 0 Å². The first-order valence-corrected chi connectivity index (χ1v) is 8.16. The third-order valence-corrected chi connectivity index (χ3v) is 5.53. The summed E-state index contributed by atoms with van der Waals surface area (Å²) in [7, 11) is -2.82. The van der Waals surface area contributed by atoms with E-state index >= 15 is 0 Å². The van der Waals surface area contributed by atoms with Crippen LogP contribution in [0, 0.1) is 5.92 Å². The molecule has 1 saturated carbocycles. The number of nitrogens with one attached hydrogen (secondary N) is 1. The van der Waals surface area contributed by atoms with Crippen LogP contribution >= 0.6 is 0 Å². The molecule has 96 valence electrons. The Balaban J connectivity index is 2.16. The number of rotatable bonds is 7. The molecule has 0 saturated heterocycles. The largest absolute Gasteiger partial charge is 0.316 e. The number of hydrogen-bond donors (Lipinski definition) is 1. The minimum absolute atomic E-state index is 0.0422. The van der Waals surface area contributed by atoms with Gasteiger partial charge in [0.15, 0.2) is 9.84 Å². The van der Waals surface area contributed by atoms with E-state index in [-0.39, 0.29) is 5.25 Å². The molecule has 16 heavy (non-hydrogen) atoms. The minimum atomic E-state index is -2.82. The summed E-state index contributed by atoms with van der Waals surface area (Å²) in [5.74, 6) is 0.995. The van der Waals surface area contributed by atoms with Crippen molar-refractivity contribution in [3.05, 3.63) is 0 Å². The molecule has 0 aromatic carbocycles. The van der Waals surface area contributed by atoms with Gasteiger partial charge in [0.05, 0.1) is 11.0 Å². The predicted octanol–water partition coefficient (Wildman–Crippen LogP) is 1.98. The number of sulfone groups is 1. The molecule has 1 rings (SSSR count). The van der Waals surface area contributed by atoms with E-state index in [1.165, 1.54) is 0 Å². The summed E-state index contributed by atoms with van der Waals surface area (Å²) in [5.41, 5.74) is 0. The Bertz CT molecular complexity index is 279. The second-order valence-electron chi connectivity index (χ2n) is 5.21. The summed E-state index contributed by atoms with van der Waals surface area (Å²) in [4.78, 5) is 0. The first kappa shape index (κ1) is 14.0. The lowest BCUT2D eigenvalue weighted by Gasteiger charge is -2.11. The van der Waals surface area contributed by atoms with Gasteiger partial charge in [-0.15, -0.1) is 0 Å². The quantitative estimate of drug-likeness (QED) is 0.700. The summed E-state index contributed by atoms with van der Waals surface area (Å²) in [6.45, 7) is 5.90. The fourth-order valence-electron chi connectivity index (χ4n) is 2.14. The maximum atomic E-state index is 11.9. The van der Waals surface area contributed by atoms with Gasteiger partial charge in [-0.1, -0.05) is 26.7 Å². The van der Waals surface area contributed by atoms with E-state index in [0.717, 1.165) is 38.6 Å². The zero-order chi connectivity index (χ0) is 12.0. The van der Waals surface area contributed by atoms with Crippen molar-refractivity contribution < 1.29 is 8.42 Å². The summed E-state index contributed by atoms with van der Waals surface area (Å²) >= 11 is 0. The Morgan fingerprint density at radius 2 is 1.81 bits per heavy atom. The van der Waals surface area contributed by atoms with Crippen LogP contribution in [0.15, 0.2) is 0 Å². The van der Waals surface area contributed by atoms with E-state index in [0.29, 0.717) is 18.2 Å². The molecule has 3 nitrogen and oxygen atoms in total. The molecule has 0 aromatic heterocycles. The molecule has 0 radical (unpaired) electrons. The molecule has 0 amide bonds. The van der Waals surface area contributed by atoms with Crippen LogP contribution in [0.4, 0.5) is 0 Å². The monoisotopic (exact) mass is 247 g/mol. The molecule has 0 unspecified atom stereocenters. The van der Waals surface area contributed by atoms with Crippen molar-refractivity contribution >= 4 is 9.84 Å². The summed E-state index contributed by atoms with van der Waals surface area (Å²) in [5, 5.41) is 3.17. The van der Waals surface area contributed by atoms with Gasteiger partial charge in [0, 0.05) is 6.54 Å². The lowest BCUT2D eigenvalue weighted by atomic mass is 10.1. The van der Waals surface area contributed by atoms with Crippen LogP contribution in [0.2, 0.25) is 0 Å². The topological polar surface area (TPSA) is 46.2 Å². The van der Waals surface area contributed by atoms with Crippen molar-refractivity contribution in [3.8, 4) is 0 Å². The van der Waals surface area contributed by atoms with Gasteiger partial charge in [0.2, 0.25) is 0 Å². The molecule has 0 aliphatic heterocycles. The molecule has 0 aromatic rings. The van der Waals surface area contributed by atoms with Gasteiger partial charge in [-0.3, -0.25) is 0 Å². The van der Waals surface area contributed by atoms with Crippen molar-refractivity contribution in [1.29, 1.82) is 0 Å². The fourth-order valence-corrected chi connectivity index (χ4v) is 3.96. The highest BCUT2D eigenvalue weighted by molar-refractivity contribution is 7.92. The SMILES string of the molecule is CC(C)CCNCCS(=O)(=O)C1CCCC1. The highest BCUT2D eigenvalue weighted by atomic mass is 32.2. The van der Waals surface area contributed by atoms with Crippen molar-refractivity contribution in [1.82, 2.24) is 5.32 Å². The van der Waals surface area contributed by atoms with Crippen LogP contribution in [-0.2, 0) is 9.84 Å². The van der Waals surface area contributed by atoms with E-state index in [4.69, 9.17) is 0 Å². The Morgan fingerprint density at radius 1 is 1.19 bits per heavy atom. The van der Waals surface area contributed by atoms with Crippen molar-refractivity contribution in [2.75, 3.05) is 18.8 Å². The van der Waals surface area contributed by atoms with Gasteiger partial charge in [-0.2, -0.15) is 0 Å². The molecule has 0 bridgehead atoms. The molecular weight excluding hydrogens is 222 g/mol. The molecule has 4 heteroatoms. The number of hydrogen-bond acceptors (Lipinski definition) is 3. The average molecular weight is 247 g/mol. The Hall–Kier alpha value is -0.0900. The molecule has 0 spiro atoms. The molecule has 1 fully saturated rings. The Morgan fingerprint density at radius 3 is 2.38 bits per heavy atom. The van der Waals surface area contributed by atoms with E-state index in [2.05, 4.69) is 19.2 Å². The van der Waals surface area contributed by atoms with E-state index in [1.807, 2.05) is 0 Å². The second-order valence-corrected chi connectivity index (χ2v) is 7.61. The van der Waals surface area contributed by atoms with E-state index in [1.54, 1.807) is 0 Å². The standard InChI is InChI=1S/C12H25NO2S/c1-11(2)7-8-13-9-10-16(14,15)12-5-3-4-6-12/h11-13H,3-10H2,1-2H3. The molecular formula is C12H25NO2S. The lowest BCUT2D eigenvalue weighted by molar-refractivity contribution is 0.540.